The van der Waals surface area contributed by atoms with Gasteiger partial charge in [-0.15, -0.1) is 0 Å². The minimum atomic E-state index is -1.000. The smallest absolute Gasteiger partial charge is 0.407 e. The Kier molecular flexibility index (Phi) is 7.53. The van der Waals surface area contributed by atoms with Crippen LogP contribution in [0.4, 0.5) is 16.3 Å². The number of aromatic nitrogens is 2. The number of benzene rings is 2. The third-order valence-corrected chi connectivity index (χ3v) is 7.89. The summed E-state index contributed by atoms with van der Waals surface area (Å²) in [7, 11) is 0. The van der Waals surface area contributed by atoms with E-state index >= 15 is 0 Å². The normalized spacial score (nSPS) is 21.1. The summed E-state index contributed by atoms with van der Waals surface area (Å²) < 4.78 is 11.9. The lowest BCUT2D eigenvalue weighted by Crippen LogP contribution is -2.55. The number of carboxylic acid groups (broad SMARTS) is 1. The number of nitriles is 1. The second kappa shape index (κ2) is 11.5. The molecule has 11 nitrogen and oxygen atoms in total. The molecule has 40 heavy (non-hydrogen) atoms. The quantitative estimate of drug-likeness (QED) is 0.479. The van der Waals surface area contributed by atoms with Crippen LogP contribution in [0.1, 0.15) is 17.7 Å². The standard InChI is InChI=1S/C29H33N7O4/c30-10-8-21-17-35(13-14-36(21)29(37)38)27-24-9-12-34(26-7-3-5-20-4-1-2-6-23(20)26)18-25(24)32-28(33-27)40-19-22-16-31-11-15-39-22/h1-7,21-22,31H,8-9,11-19H2,(H,37,38)/t21?,22-/m1/s1. The van der Waals surface area contributed by atoms with Crippen LogP contribution in [0, 0.1) is 11.3 Å². The molecule has 6 rings (SSSR count). The van der Waals surface area contributed by atoms with E-state index in [9.17, 15) is 15.2 Å². The number of hydrogen-bond donors (Lipinski definition) is 2. The Hall–Kier alpha value is -4.14. The van der Waals surface area contributed by atoms with Gasteiger partial charge in [-0.1, -0.05) is 36.4 Å². The summed E-state index contributed by atoms with van der Waals surface area (Å²) in [6.07, 6.45) is -0.213. The van der Waals surface area contributed by atoms with E-state index in [1.807, 2.05) is 0 Å². The Morgan fingerprint density at radius 2 is 2.02 bits per heavy atom. The molecule has 3 aliphatic heterocycles. The number of carbonyl (C=O) groups is 1. The summed E-state index contributed by atoms with van der Waals surface area (Å²) in [6.45, 7) is 5.10. The zero-order valence-electron chi connectivity index (χ0n) is 22.3. The van der Waals surface area contributed by atoms with Gasteiger partial charge in [0, 0.05) is 55.9 Å². The Morgan fingerprint density at radius 3 is 2.85 bits per heavy atom. The molecule has 3 aliphatic rings. The van der Waals surface area contributed by atoms with Gasteiger partial charge in [-0.05, 0) is 17.9 Å². The van der Waals surface area contributed by atoms with E-state index in [1.165, 1.54) is 15.7 Å². The first kappa shape index (κ1) is 26.1. The molecule has 0 radical (unpaired) electrons. The molecule has 4 heterocycles. The molecule has 0 bridgehead atoms. The molecule has 0 saturated carbocycles. The summed E-state index contributed by atoms with van der Waals surface area (Å²) in [5.41, 5.74) is 3.12. The van der Waals surface area contributed by atoms with Gasteiger partial charge in [0.1, 0.15) is 18.5 Å². The Labute approximate surface area is 232 Å². The number of nitrogens with zero attached hydrogens (tertiary/aromatic N) is 6. The van der Waals surface area contributed by atoms with Crippen molar-refractivity contribution in [3.63, 3.8) is 0 Å². The SMILES string of the molecule is N#CCC1CN(c2nc(OC[C@H]3CNCCO3)nc3c2CCN(c2cccc4ccccc24)C3)CCN1C(=O)O. The zero-order chi connectivity index (χ0) is 27.5. The van der Waals surface area contributed by atoms with Gasteiger partial charge in [-0.3, -0.25) is 0 Å². The van der Waals surface area contributed by atoms with Gasteiger partial charge < -0.3 is 34.6 Å². The number of nitrogens with one attached hydrogen (secondary N) is 1. The van der Waals surface area contributed by atoms with Crippen molar-refractivity contribution < 1.29 is 19.4 Å². The van der Waals surface area contributed by atoms with E-state index in [1.54, 1.807) is 0 Å². The van der Waals surface area contributed by atoms with Crippen LogP contribution in [0.5, 0.6) is 6.01 Å². The van der Waals surface area contributed by atoms with Crippen LogP contribution >= 0.6 is 0 Å². The largest absolute Gasteiger partial charge is 0.465 e. The number of rotatable bonds is 6. The molecule has 11 heteroatoms. The lowest BCUT2D eigenvalue weighted by molar-refractivity contribution is -0.00183. The van der Waals surface area contributed by atoms with Crippen LogP contribution in [0.2, 0.25) is 0 Å². The Bertz CT molecular complexity index is 1420. The lowest BCUT2D eigenvalue weighted by atomic mass is 10.0. The van der Waals surface area contributed by atoms with Gasteiger partial charge >= 0.3 is 12.1 Å². The minimum Gasteiger partial charge on any atom is -0.465 e. The van der Waals surface area contributed by atoms with Crippen molar-refractivity contribution >= 4 is 28.4 Å². The summed E-state index contributed by atoms with van der Waals surface area (Å²) in [5, 5.41) is 24.7. The monoisotopic (exact) mass is 543 g/mol. The second-order valence-corrected chi connectivity index (χ2v) is 10.4. The highest BCUT2D eigenvalue weighted by molar-refractivity contribution is 5.94. The van der Waals surface area contributed by atoms with Crippen molar-refractivity contribution in [2.75, 3.05) is 62.3 Å². The number of piperazine rings is 1. The number of amides is 1. The van der Waals surface area contributed by atoms with E-state index in [0.29, 0.717) is 51.9 Å². The molecule has 2 atom stereocenters. The van der Waals surface area contributed by atoms with Crippen LogP contribution in [0.3, 0.4) is 0 Å². The van der Waals surface area contributed by atoms with Gasteiger partial charge in [-0.2, -0.15) is 15.2 Å². The fraction of sp³-hybridized carbons (Fsp3) is 0.448. The number of ether oxygens (including phenoxy) is 2. The average molecular weight is 544 g/mol. The third kappa shape index (κ3) is 5.33. The van der Waals surface area contributed by atoms with Gasteiger partial charge in [-0.25, -0.2) is 4.79 Å². The molecule has 2 saturated heterocycles. The minimum absolute atomic E-state index is 0.0804. The molecular formula is C29H33N7O4. The van der Waals surface area contributed by atoms with Crippen LogP contribution in [0.25, 0.3) is 10.8 Å². The molecule has 3 aromatic rings. The first-order valence-corrected chi connectivity index (χ1v) is 13.8. The molecule has 1 amide bonds. The van der Waals surface area contributed by atoms with E-state index in [0.717, 1.165) is 42.3 Å². The van der Waals surface area contributed by atoms with Crippen LogP contribution in [-0.2, 0) is 17.7 Å². The molecule has 0 spiro atoms. The fourth-order valence-electron chi connectivity index (χ4n) is 5.88. The molecule has 0 aliphatic carbocycles. The summed E-state index contributed by atoms with van der Waals surface area (Å²) in [6, 6.07) is 16.8. The highest BCUT2D eigenvalue weighted by atomic mass is 16.5. The zero-order valence-corrected chi connectivity index (χ0v) is 22.3. The topological polar surface area (TPSA) is 127 Å². The summed E-state index contributed by atoms with van der Waals surface area (Å²) >= 11 is 0. The van der Waals surface area contributed by atoms with E-state index in [2.05, 4.69) is 63.7 Å². The summed E-state index contributed by atoms with van der Waals surface area (Å²) in [4.78, 5) is 27.3. The van der Waals surface area contributed by atoms with Crippen molar-refractivity contribution in [2.24, 2.45) is 0 Å². The number of anilines is 2. The average Bonchev–Trinajstić information content (AvgIpc) is 2.99. The fourth-order valence-corrected chi connectivity index (χ4v) is 5.88. The second-order valence-electron chi connectivity index (χ2n) is 10.4. The number of morpholine rings is 1. The maximum Gasteiger partial charge on any atom is 0.407 e. The maximum absolute atomic E-state index is 11.8. The van der Waals surface area contributed by atoms with E-state index in [4.69, 9.17) is 19.4 Å². The van der Waals surface area contributed by atoms with Gasteiger partial charge in [0.05, 0.1) is 37.4 Å². The molecule has 2 fully saturated rings. The molecule has 1 unspecified atom stereocenters. The van der Waals surface area contributed by atoms with Gasteiger partial charge in [0.15, 0.2) is 0 Å². The number of hydrogen-bond acceptors (Lipinski definition) is 9. The van der Waals surface area contributed by atoms with E-state index < -0.39 is 12.1 Å². The maximum atomic E-state index is 11.8. The van der Waals surface area contributed by atoms with Crippen molar-refractivity contribution in [1.82, 2.24) is 20.2 Å². The first-order valence-electron chi connectivity index (χ1n) is 13.8. The first-order chi connectivity index (χ1) is 19.6. The third-order valence-electron chi connectivity index (χ3n) is 7.89. The van der Waals surface area contributed by atoms with Crippen molar-refractivity contribution in [2.45, 2.75) is 31.5 Å². The van der Waals surface area contributed by atoms with Crippen LogP contribution < -0.4 is 19.9 Å². The Morgan fingerprint density at radius 1 is 1.15 bits per heavy atom. The molecular weight excluding hydrogens is 510 g/mol. The number of fused-ring (bicyclic) bond motifs is 2. The highest BCUT2D eigenvalue weighted by Gasteiger charge is 2.34. The van der Waals surface area contributed by atoms with Gasteiger partial charge in [0.25, 0.3) is 0 Å². The van der Waals surface area contributed by atoms with Gasteiger partial charge in [0.2, 0.25) is 0 Å². The predicted molar refractivity (Wildman–Crippen MR) is 150 cm³/mol. The Balaban J connectivity index is 1.32. The molecule has 2 N–H and O–H groups in total. The molecule has 2 aromatic carbocycles. The molecule has 208 valence electrons. The van der Waals surface area contributed by atoms with Crippen molar-refractivity contribution in [3.8, 4) is 12.1 Å². The van der Waals surface area contributed by atoms with Crippen LogP contribution in [0.15, 0.2) is 42.5 Å². The highest BCUT2D eigenvalue weighted by Crippen LogP contribution is 2.34. The lowest BCUT2D eigenvalue weighted by Gasteiger charge is -2.41. The summed E-state index contributed by atoms with van der Waals surface area (Å²) in [5.74, 6) is 0.772. The van der Waals surface area contributed by atoms with Crippen molar-refractivity contribution in [3.05, 3.63) is 53.7 Å². The van der Waals surface area contributed by atoms with Crippen molar-refractivity contribution in [1.29, 1.82) is 5.26 Å². The molecule has 1 aromatic heterocycles. The van der Waals surface area contributed by atoms with E-state index in [-0.39, 0.29) is 12.5 Å². The predicted octanol–water partition coefficient (Wildman–Crippen LogP) is 2.64. The van der Waals surface area contributed by atoms with Crippen LogP contribution in [-0.4, -0.2) is 90.7 Å².